The normalized spacial score (nSPS) is 13.0. The molecule has 0 saturated carbocycles. The van der Waals surface area contributed by atoms with Crippen LogP contribution in [0.3, 0.4) is 0 Å². The van der Waals surface area contributed by atoms with E-state index in [1.54, 1.807) is 7.11 Å². The second kappa shape index (κ2) is 4.90. The molecular formula is C11H14Cl2O. The van der Waals surface area contributed by atoms with Crippen LogP contribution in [0.2, 0.25) is 5.02 Å². The second-order valence-electron chi connectivity index (χ2n) is 3.54. The van der Waals surface area contributed by atoms with E-state index in [9.17, 15) is 0 Å². The lowest BCUT2D eigenvalue weighted by Gasteiger charge is -2.14. The molecule has 3 heteroatoms. The summed E-state index contributed by atoms with van der Waals surface area (Å²) >= 11 is 12.2. The zero-order chi connectivity index (χ0) is 10.7. The summed E-state index contributed by atoms with van der Waals surface area (Å²) in [5.41, 5.74) is 1.03. The van der Waals surface area contributed by atoms with E-state index in [0.29, 0.717) is 16.7 Å². The van der Waals surface area contributed by atoms with Gasteiger partial charge in [-0.05, 0) is 23.6 Å². The van der Waals surface area contributed by atoms with Crippen molar-refractivity contribution in [3.05, 3.63) is 28.8 Å². The van der Waals surface area contributed by atoms with Crippen LogP contribution in [0.1, 0.15) is 24.8 Å². The van der Waals surface area contributed by atoms with Gasteiger partial charge in [0.2, 0.25) is 0 Å². The summed E-state index contributed by atoms with van der Waals surface area (Å²) in [6, 6.07) is 5.65. The third-order valence-corrected chi connectivity index (χ3v) is 3.13. The standard InChI is InChI=1S/C11H14Cl2O/c1-7(2)11(13)8-4-5-10(14-3)9(12)6-8/h4-7,11H,1-3H3. The average Bonchev–Trinajstić information content (AvgIpc) is 2.16. The Morgan fingerprint density at radius 1 is 1.29 bits per heavy atom. The maximum absolute atomic E-state index is 6.21. The predicted octanol–water partition coefficient (Wildman–Crippen LogP) is 4.28. The second-order valence-corrected chi connectivity index (χ2v) is 4.42. The molecule has 0 aromatic heterocycles. The van der Waals surface area contributed by atoms with Gasteiger partial charge in [0.15, 0.2) is 0 Å². The molecule has 0 aliphatic heterocycles. The van der Waals surface area contributed by atoms with Crippen LogP contribution in [0, 0.1) is 5.92 Å². The van der Waals surface area contributed by atoms with E-state index in [0.717, 1.165) is 5.56 Å². The zero-order valence-electron chi connectivity index (χ0n) is 8.55. The number of hydrogen-bond acceptors (Lipinski definition) is 1. The van der Waals surface area contributed by atoms with Crippen LogP contribution in [-0.4, -0.2) is 7.11 Å². The Bertz CT molecular complexity index is 310. The summed E-state index contributed by atoms with van der Waals surface area (Å²) in [6.07, 6.45) is 0. The van der Waals surface area contributed by atoms with Gasteiger partial charge in [0.25, 0.3) is 0 Å². The lowest BCUT2D eigenvalue weighted by atomic mass is 10.0. The van der Waals surface area contributed by atoms with Gasteiger partial charge in [0.1, 0.15) is 5.75 Å². The number of benzene rings is 1. The molecule has 1 nitrogen and oxygen atoms in total. The first-order chi connectivity index (χ1) is 6.56. The quantitative estimate of drug-likeness (QED) is 0.708. The number of halogens is 2. The fourth-order valence-electron chi connectivity index (χ4n) is 1.24. The van der Waals surface area contributed by atoms with Gasteiger partial charge in [-0.15, -0.1) is 11.6 Å². The van der Waals surface area contributed by atoms with Crippen LogP contribution in [0.15, 0.2) is 18.2 Å². The SMILES string of the molecule is COc1ccc(C(Cl)C(C)C)cc1Cl. The van der Waals surface area contributed by atoms with E-state index < -0.39 is 0 Å². The van der Waals surface area contributed by atoms with E-state index in [4.69, 9.17) is 27.9 Å². The predicted molar refractivity (Wildman–Crippen MR) is 61.4 cm³/mol. The van der Waals surface area contributed by atoms with E-state index >= 15 is 0 Å². The highest BCUT2D eigenvalue weighted by molar-refractivity contribution is 6.32. The third kappa shape index (κ3) is 2.55. The maximum atomic E-state index is 6.21. The number of methoxy groups -OCH3 is 1. The van der Waals surface area contributed by atoms with Crippen molar-refractivity contribution < 1.29 is 4.74 Å². The highest BCUT2D eigenvalue weighted by Gasteiger charge is 2.13. The van der Waals surface area contributed by atoms with Gasteiger partial charge < -0.3 is 4.74 Å². The largest absolute Gasteiger partial charge is 0.495 e. The van der Waals surface area contributed by atoms with Crippen LogP contribution in [-0.2, 0) is 0 Å². The van der Waals surface area contributed by atoms with Gasteiger partial charge in [0.05, 0.1) is 17.5 Å². The molecule has 78 valence electrons. The molecule has 0 heterocycles. The Morgan fingerprint density at radius 3 is 2.36 bits per heavy atom. The first kappa shape index (κ1) is 11.7. The fraction of sp³-hybridized carbons (Fsp3) is 0.455. The topological polar surface area (TPSA) is 9.23 Å². The summed E-state index contributed by atoms with van der Waals surface area (Å²) in [4.78, 5) is 0. The first-order valence-corrected chi connectivity index (χ1v) is 5.35. The minimum Gasteiger partial charge on any atom is -0.495 e. The maximum Gasteiger partial charge on any atom is 0.137 e. The van der Waals surface area contributed by atoms with Crippen LogP contribution < -0.4 is 4.74 Å². The van der Waals surface area contributed by atoms with Crippen LogP contribution in [0.5, 0.6) is 5.75 Å². The van der Waals surface area contributed by atoms with Crippen LogP contribution >= 0.6 is 23.2 Å². The third-order valence-electron chi connectivity index (χ3n) is 2.08. The van der Waals surface area contributed by atoms with Crippen LogP contribution in [0.4, 0.5) is 0 Å². The molecule has 0 aliphatic rings. The number of ether oxygens (including phenoxy) is 1. The number of rotatable bonds is 3. The molecule has 1 rings (SSSR count). The average molecular weight is 233 g/mol. The molecule has 1 aromatic carbocycles. The highest BCUT2D eigenvalue weighted by Crippen LogP contribution is 2.33. The van der Waals surface area contributed by atoms with Crippen molar-refractivity contribution in [2.75, 3.05) is 7.11 Å². The number of alkyl halides is 1. The number of hydrogen-bond donors (Lipinski definition) is 0. The summed E-state index contributed by atoms with van der Waals surface area (Å²) in [7, 11) is 1.60. The van der Waals surface area contributed by atoms with Crippen molar-refractivity contribution in [3.8, 4) is 5.75 Å². The van der Waals surface area contributed by atoms with Gasteiger partial charge in [-0.1, -0.05) is 31.5 Å². The Balaban J connectivity index is 2.96. The summed E-state index contributed by atoms with van der Waals surface area (Å²) in [5, 5.41) is 0.606. The lowest BCUT2D eigenvalue weighted by Crippen LogP contribution is -1.99. The van der Waals surface area contributed by atoms with E-state index in [1.165, 1.54) is 0 Å². The molecule has 0 radical (unpaired) electrons. The van der Waals surface area contributed by atoms with Crippen molar-refractivity contribution in [1.82, 2.24) is 0 Å². The van der Waals surface area contributed by atoms with Crippen LogP contribution in [0.25, 0.3) is 0 Å². The fourth-order valence-corrected chi connectivity index (χ4v) is 1.64. The first-order valence-electron chi connectivity index (χ1n) is 4.53. The Labute approximate surface area is 95.0 Å². The lowest BCUT2D eigenvalue weighted by molar-refractivity contribution is 0.414. The van der Waals surface area contributed by atoms with Crippen molar-refractivity contribution >= 4 is 23.2 Å². The Hall–Kier alpha value is -0.400. The molecular weight excluding hydrogens is 219 g/mol. The molecule has 0 N–H and O–H groups in total. The Kier molecular flexibility index (Phi) is 4.09. The minimum atomic E-state index is -0.00148. The minimum absolute atomic E-state index is 0.00148. The van der Waals surface area contributed by atoms with Gasteiger partial charge in [-0.25, -0.2) is 0 Å². The van der Waals surface area contributed by atoms with Crippen molar-refractivity contribution in [2.24, 2.45) is 5.92 Å². The summed E-state index contributed by atoms with van der Waals surface area (Å²) in [6.45, 7) is 4.16. The highest BCUT2D eigenvalue weighted by atomic mass is 35.5. The van der Waals surface area contributed by atoms with E-state index in [2.05, 4.69) is 13.8 Å². The van der Waals surface area contributed by atoms with Crippen molar-refractivity contribution in [3.63, 3.8) is 0 Å². The molecule has 0 aliphatic carbocycles. The van der Waals surface area contributed by atoms with E-state index in [1.807, 2.05) is 18.2 Å². The monoisotopic (exact) mass is 232 g/mol. The van der Waals surface area contributed by atoms with Gasteiger partial charge in [0, 0.05) is 0 Å². The Morgan fingerprint density at radius 2 is 1.93 bits per heavy atom. The molecule has 14 heavy (non-hydrogen) atoms. The molecule has 1 aromatic rings. The summed E-state index contributed by atoms with van der Waals surface area (Å²) < 4.78 is 5.07. The van der Waals surface area contributed by atoms with Crippen molar-refractivity contribution in [1.29, 1.82) is 0 Å². The molecule has 0 fully saturated rings. The molecule has 0 saturated heterocycles. The molecule has 0 bridgehead atoms. The smallest absolute Gasteiger partial charge is 0.137 e. The molecule has 0 amide bonds. The molecule has 1 unspecified atom stereocenters. The molecule has 1 atom stereocenters. The van der Waals surface area contributed by atoms with Gasteiger partial charge >= 0.3 is 0 Å². The van der Waals surface area contributed by atoms with E-state index in [-0.39, 0.29) is 5.38 Å². The molecule has 0 spiro atoms. The van der Waals surface area contributed by atoms with Gasteiger partial charge in [-0.3, -0.25) is 0 Å². The zero-order valence-corrected chi connectivity index (χ0v) is 10.1. The summed E-state index contributed by atoms with van der Waals surface area (Å²) in [5.74, 6) is 1.07. The van der Waals surface area contributed by atoms with Gasteiger partial charge in [-0.2, -0.15) is 0 Å². The van der Waals surface area contributed by atoms with Crippen molar-refractivity contribution in [2.45, 2.75) is 19.2 Å².